The summed E-state index contributed by atoms with van der Waals surface area (Å²) in [5.41, 5.74) is 4.82. The van der Waals surface area contributed by atoms with Crippen molar-refractivity contribution in [2.45, 2.75) is 11.8 Å². The van der Waals surface area contributed by atoms with Crippen molar-refractivity contribution in [2.24, 2.45) is 5.10 Å². The van der Waals surface area contributed by atoms with Crippen LogP contribution in [0.5, 0.6) is 5.75 Å². The van der Waals surface area contributed by atoms with Crippen molar-refractivity contribution in [1.29, 1.82) is 0 Å². The Bertz CT molecular complexity index is 929. The summed E-state index contributed by atoms with van der Waals surface area (Å²) in [7, 11) is 0. The van der Waals surface area contributed by atoms with E-state index in [1.807, 2.05) is 49.6 Å². The fourth-order valence-corrected chi connectivity index (χ4v) is 2.88. The standard InChI is InChI=1S/C18H19N5OS2/c1-3-24-15-8-6-14(7-9-15)17-20-21-18(25)23(17)22-19-12-13-4-10-16(26-2)11-5-13/h4-12,22H,3H2,1-2H3,(H,21,25)/b19-12-. The van der Waals surface area contributed by atoms with Crippen molar-refractivity contribution in [1.82, 2.24) is 14.9 Å². The lowest BCUT2D eigenvalue weighted by atomic mass is 10.2. The molecule has 1 heterocycles. The maximum Gasteiger partial charge on any atom is 0.216 e. The summed E-state index contributed by atoms with van der Waals surface area (Å²) in [6, 6.07) is 15.8. The van der Waals surface area contributed by atoms with Gasteiger partial charge in [0.25, 0.3) is 0 Å². The number of nitrogens with zero attached hydrogens (tertiary/aromatic N) is 3. The van der Waals surface area contributed by atoms with Gasteiger partial charge in [-0.15, -0.1) is 11.8 Å². The Labute approximate surface area is 161 Å². The third kappa shape index (κ3) is 4.33. The second kappa shape index (κ2) is 8.68. The fraction of sp³-hybridized carbons (Fsp3) is 0.167. The van der Waals surface area contributed by atoms with Crippen molar-refractivity contribution in [3.05, 3.63) is 58.9 Å². The Morgan fingerprint density at radius 2 is 1.96 bits per heavy atom. The molecular weight excluding hydrogens is 366 g/mol. The van der Waals surface area contributed by atoms with Crippen LogP contribution in [0.25, 0.3) is 11.4 Å². The first-order valence-corrected chi connectivity index (χ1v) is 9.68. The first-order valence-electron chi connectivity index (χ1n) is 8.05. The van der Waals surface area contributed by atoms with Crippen LogP contribution in [0.4, 0.5) is 0 Å². The highest BCUT2D eigenvalue weighted by molar-refractivity contribution is 7.98. The minimum atomic E-state index is 0.434. The van der Waals surface area contributed by atoms with Crippen LogP contribution in [-0.4, -0.2) is 34.0 Å². The molecule has 0 aliphatic rings. The molecule has 3 rings (SSSR count). The van der Waals surface area contributed by atoms with Gasteiger partial charge in [0.05, 0.1) is 12.8 Å². The largest absolute Gasteiger partial charge is 0.494 e. The Hall–Kier alpha value is -2.58. The monoisotopic (exact) mass is 385 g/mol. The van der Waals surface area contributed by atoms with Gasteiger partial charge < -0.3 is 4.74 Å². The molecule has 2 aromatic carbocycles. The number of thioether (sulfide) groups is 1. The first-order chi connectivity index (χ1) is 12.7. The Morgan fingerprint density at radius 3 is 2.62 bits per heavy atom. The van der Waals surface area contributed by atoms with Crippen LogP contribution in [0, 0.1) is 4.77 Å². The van der Waals surface area contributed by atoms with Crippen LogP contribution in [0.2, 0.25) is 0 Å². The first kappa shape index (κ1) is 18.2. The van der Waals surface area contributed by atoms with Gasteiger partial charge in [-0.3, -0.25) is 0 Å². The molecule has 0 atom stereocenters. The molecule has 1 aromatic heterocycles. The Morgan fingerprint density at radius 1 is 1.23 bits per heavy atom. The van der Waals surface area contributed by atoms with E-state index >= 15 is 0 Å². The maximum absolute atomic E-state index is 5.47. The van der Waals surface area contributed by atoms with Crippen molar-refractivity contribution < 1.29 is 4.74 Å². The molecule has 6 nitrogen and oxygen atoms in total. The summed E-state index contributed by atoms with van der Waals surface area (Å²) < 4.78 is 7.52. The molecule has 0 radical (unpaired) electrons. The average Bonchev–Trinajstić information content (AvgIpc) is 3.04. The van der Waals surface area contributed by atoms with Gasteiger partial charge in [0.1, 0.15) is 5.75 Å². The molecule has 26 heavy (non-hydrogen) atoms. The molecule has 134 valence electrons. The van der Waals surface area contributed by atoms with Crippen LogP contribution < -0.4 is 10.3 Å². The highest BCUT2D eigenvalue weighted by atomic mass is 32.2. The quantitative estimate of drug-likeness (QED) is 0.275. The highest BCUT2D eigenvalue weighted by Crippen LogP contribution is 2.20. The zero-order valence-electron chi connectivity index (χ0n) is 14.5. The van der Waals surface area contributed by atoms with Gasteiger partial charge in [0.15, 0.2) is 5.82 Å². The van der Waals surface area contributed by atoms with Gasteiger partial charge in [-0.05, 0) is 67.4 Å². The molecule has 8 heteroatoms. The van der Waals surface area contributed by atoms with Gasteiger partial charge in [0.2, 0.25) is 4.77 Å². The number of nitrogens with one attached hydrogen (secondary N) is 2. The topological polar surface area (TPSA) is 67.2 Å². The normalized spacial score (nSPS) is 11.0. The van der Waals surface area contributed by atoms with E-state index in [0.717, 1.165) is 16.9 Å². The van der Waals surface area contributed by atoms with Crippen molar-refractivity contribution in [3.8, 4) is 17.1 Å². The number of hydrogen-bond donors (Lipinski definition) is 2. The Balaban J connectivity index is 1.77. The molecule has 0 spiro atoms. The molecule has 0 fully saturated rings. The van der Waals surface area contributed by atoms with E-state index in [1.165, 1.54) is 4.90 Å². The number of aromatic amines is 1. The number of ether oxygens (including phenoxy) is 1. The molecule has 0 amide bonds. The number of H-pyrrole nitrogens is 1. The number of aromatic nitrogens is 3. The zero-order chi connectivity index (χ0) is 18.4. The van der Waals surface area contributed by atoms with Gasteiger partial charge >= 0.3 is 0 Å². The molecule has 0 saturated heterocycles. The van der Waals surface area contributed by atoms with Crippen molar-refractivity contribution in [2.75, 3.05) is 18.4 Å². The lowest BCUT2D eigenvalue weighted by Gasteiger charge is -2.07. The number of hydrazone groups is 1. The van der Waals surface area contributed by atoms with Crippen molar-refractivity contribution >= 4 is 30.2 Å². The molecule has 3 aromatic rings. The van der Waals surface area contributed by atoms with Gasteiger partial charge in [-0.1, -0.05) is 12.1 Å². The van der Waals surface area contributed by atoms with Gasteiger partial charge in [0, 0.05) is 10.5 Å². The van der Waals surface area contributed by atoms with E-state index in [9.17, 15) is 0 Å². The van der Waals surface area contributed by atoms with E-state index in [1.54, 1.807) is 22.7 Å². The van der Waals surface area contributed by atoms with Crippen molar-refractivity contribution in [3.63, 3.8) is 0 Å². The predicted octanol–water partition coefficient (Wildman–Crippen LogP) is 4.31. The van der Waals surface area contributed by atoms with Crippen LogP contribution >= 0.6 is 24.0 Å². The van der Waals surface area contributed by atoms with E-state index in [4.69, 9.17) is 17.0 Å². The van der Waals surface area contributed by atoms with Crippen LogP contribution in [-0.2, 0) is 0 Å². The third-order valence-corrected chi connectivity index (χ3v) is 4.60. The molecule has 0 saturated carbocycles. The second-order valence-corrected chi connectivity index (χ2v) is 6.54. The molecule has 0 unspecified atom stereocenters. The number of rotatable bonds is 7. The summed E-state index contributed by atoms with van der Waals surface area (Å²) in [6.45, 7) is 2.59. The van der Waals surface area contributed by atoms with Crippen LogP contribution in [0.3, 0.4) is 0 Å². The third-order valence-electron chi connectivity index (χ3n) is 3.58. The average molecular weight is 386 g/mol. The molecule has 0 aliphatic heterocycles. The Kier molecular flexibility index (Phi) is 6.08. The maximum atomic E-state index is 5.47. The minimum Gasteiger partial charge on any atom is -0.494 e. The smallest absolute Gasteiger partial charge is 0.216 e. The lowest BCUT2D eigenvalue weighted by Crippen LogP contribution is -2.10. The molecule has 0 bridgehead atoms. The van der Waals surface area contributed by atoms with E-state index < -0.39 is 0 Å². The summed E-state index contributed by atoms with van der Waals surface area (Å²) in [5, 5.41) is 11.3. The van der Waals surface area contributed by atoms with E-state index in [-0.39, 0.29) is 0 Å². The molecule has 0 aliphatic carbocycles. The summed E-state index contributed by atoms with van der Waals surface area (Å²) in [6.07, 6.45) is 3.79. The summed E-state index contributed by atoms with van der Waals surface area (Å²) >= 11 is 6.99. The van der Waals surface area contributed by atoms with E-state index in [2.05, 4.69) is 33.0 Å². The number of hydrogen-bond acceptors (Lipinski definition) is 6. The van der Waals surface area contributed by atoms with Gasteiger partial charge in [-0.25, -0.2) is 10.6 Å². The fourth-order valence-electron chi connectivity index (χ4n) is 2.30. The highest BCUT2D eigenvalue weighted by Gasteiger charge is 2.08. The molecule has 2 N–H and O–H groups in total. The second-order valence-electron chi connectivity index (χ2n) is 5.28. The van der Waals surface area contributed by atoms with Gasteiger partial charge in [-0.2, -0.15) is 14.9 Å². The molecular formula is C18H19N5OS2. The SMILES string of the molecule is CCOc1ccc(-c2n[nH]c(=S)n2N/N=C\c2ccc(SC)cc2)cc1. The van der Waals surface area contributed by atoms with Crippen LogP contribution in [0.15, 0.2) is 58.5 Å². The predicted molar refractivity (Wildman–Crippen MR) is 109 cm³/mol. The minimum absolute atomic E-state index is 0.434. The lowest BCUT2D eigenvalue weighted by molar-refractivity contribution is 0.340. The zero-order valence-corrected chi connectivity index (χ0v) is 16.1. The van der Waals surface area contributed by atoms with Crippen LogP contribution in [0.1, 0.15) is 12.5 Å². The summed E-state index contributed by atoms with van der Waals surface area (Å²) in [5.74, 6) is 1.46. The summed E-state index contributed by atoms with van der Waals surface area (Å²) in [4.78, 5) is 1.21. The van der Waals surface area contributed by atoms with E-state index in [0.29, 0.717) is 17.2 Å². The number of benzene rings is 2.